The number of rotatable bonds is 11. The molecule has 0 spiro atoms. The highest BCUT2D eigenvalue weighted by molar-refractivity contribution is 6.08. The predicted molar refractivity (Wildman–Crippen MR) is 355 cm³/mol. The maximum atomic E-state index is 12.5. The van der Waals surface area contributed by atoms with E-state index in [1.165, 1.54) is 5.56 Å². The fourth-order valence-electron chi connectivity index (χ4n) is 10.2. The van der Waals surface area contributed by atoms with Crippen LogP contribution in [0.4, 0.5) is 82.6 Å². The van der Waals surface area contributed by atoms with Crippen molar-refractivity contribution >= 4 is 98.2 Å². The average molecular weight is 1200 g/mol. The van der Waals surface area contributed by atoms with E-state index in [1.54, 1.807) is 35.6 Å². The van der Waals surface area contributed by atoms with Crippen molar-refractivity contribution in [3.05, 3.63) is 179 Å². The Kier molecular flexibility index (Phi) is 20.6. The topological polar surface area (TPSA) is 262 Å². The number of benzene rings is 7. The van der Waals surface area contributed by atoms with E-state index in [4.69, 9.17) is 0 Å². The molecule has 2 atom stereocenters. The number of nitrogens with one attached hydrogen (secondary N) is 10. The van der Waals surface area contributed by atoms with E-state index >= 15 is 0 Å². The Hall–Kier alpha value is -10.2. The Morgan fingerprint density at radius 1 is 0.455 bits per heavy atom. The van der Waals surface area contributed by atoms with E-state index in [0.29, 0.717) is 32.7 Å². The number of urea groups is 3. The molecule has 22 nitrogen and oxygen atoms in total. The van der Waals surface area contributed by atoms with Crippen LogP contribution in [0.5, 0.6) is 0 Å². The summed E-state index contributed by atoms with van der Waals surface area (Å²) in [4.78, 5) is 68.6. The Bertz CT molecular complexity index is 3630. The second-order valence-corrected chi connectivity index (χ2v) is 22.0. The molecule has 5 aliphatic heterocycles. The Balaban J connectivity index is 0.000000143. The van der Waals surface area contributed by atoms with E-state index in [1.807, 2.05) is 199 Å². The predicted octanol–water partition coefficient (Wildman–Crippen LogP) is 9.67. The number of aliphatic hydroxyl groups excluding tert-OH is 2. The lowest BCUT2D eigenvalue weighted by molar-refractivity contribution is -0.122. The lowest BCUT2D eigenvalue weighted by atomic mass is 9.96. The van der Waals surface area contributed by atoms with E-state index in [2.05, 4.69) is 65.3 Å². The van der Waals surface area contributed by atoms with Gasteiger partial charge in [0.2, 0.25) is 0 Å². The highest BCUT2D eigenvalue weighted by Gasteiger charge is 2.42. The van der Waals surface area contributed by atoms with Crippen LogP contribution in [0.1, 0.15) is 41.7 Å². The first-order chi connectivity index (χ1) is 42.3. The lowest BCUT2D eigenvalue weighted by Gasteiger charge is -2.42. The van der Waals surface area contributed by atoms with Gasteiger partial charge in [-0.15, -0.1) is 0 Å². The van der Waals surface area contributed by atoms with Crippen LogP contribution in [0.15, 0.2) is 152 Å². The van der Waals surface area contributed by atoms with Gasteiger partial charge in [0.15, 0.2) is 0 Å². The SMILES string of the molecule is CNc1ccc2c(c1)N(C)C(=O)N(Cc1ccccc1)C2.CNc1ccc2c(c1)N(C)C(=O)NC2.CNc1ccc2c(c1)NC(=O)C(C)(CO)N2.CNc1ccc2c(c1)NC(=O)C(C)(CO)N2C.CNc1ccc2c(c1)NC(=O)N(Cc1ccccc1)C2. The molecule has 0 saturated heterocycles. The van der Waals surface area contributed by atoms with Crippen molar-refractivity contribution in [1.29, 1.82) is 0 Å². The molecule has 88 heavy (non-hydrogen) atoms. The first-order valence-corrected chi connectivity index (χ1v) is 28.9. The smallest absolute Gasteiger partial charge is 0.324 e. The van der Waals surface area contributed by atoms with Gasteiger partial charge >= 0.3 is 18.1 Å². The molecule has 5 aliphatic rings. The van der Waals surface area contributed by atoms with Crippen LogP contribution in [0, 0.1) is 0 Å². The molecule has 462 valence electrons. The highest BCUT2D eigenvalue weighted by atomic mass is 16.3. The molecule has 7 aromatic rings. The van der Waals surface area contributed by atoms with Crippen molar-refractivity contribution in [3.63, 3.8) is 0 Å². The molecule has 22 heteroatoms. The van der Waals surface area contributed by atoms with Crippen LogP contribution in [0.25, 0.3) is 0 Å². The number of carbonyl (C=O) groups excluding carboxylic acids is 5. The van der Waals surface area contributed by atoms with Gasteiger partial charge in [0, 0.05) is 123 Å². The fraction of sp³-hybridized carbons (Fsp3) is 0.288. The average Bonchev–Trinajstić information content (AvgIpc) is 2.48. The molecule has 12 N–H and O–H groups in total. The third-order valence-electron chi connectivity index (χ3n) is 16.1. The standard InChI is InChI=1S/C17H19N3O.C16H17N3O.C12H17N3O2.C11H15N3O2.C10H13N3O/c1-18-15-9-8-14-12-20(11-13-6-4-3-5-7-13)17(21)19(2)16(14)10-15;1-17-14-8-7-13-11-19(16(20)18-15(13)9-14)10-12-5-3-2-4-6-12;1-12(7-16)11(17)14-9-6-8(13-2)4-5-10(9)15(12)3;1-11(6-15)10(16)13-9-5-7(12-2)3-4-8(9)14-11;1-11-8-4-3-7-6-12-10(14)13(2)9(7)5-8/h3-10,18H,11-12H2,1-2H3;2-9,17H,10-11H2,1H3,(H,18,20);4-6,13,16H,7H2,1-3H3,(H,14,17);3-5,12,14-15H,6H2,1-2H3,(H,13,16);3-5,11H,6H2,1-2H3,(H,12,14). The zero-order valence-corrected chi connectivity index (χ0v) is 51.6. The van der Waals surface area contributed by atoms with Crippen LogP contribution in [0.2, 0.25) is 0 Å². The zero-order valence-electron chi connectivity index (χ0n) is 51.6. The van der Waals surface area contributed by atoms with Crippen molar-refractivity contribution < 1.29 is 34.2 Å². The van der Waals surface area contributed by atoms with Crippen molar-refractivity contribution in [2.45, 2.75) is 57.6 Å². The zero-order chi connectivity index (χ0) is 63.3. The maximum Gasteiger partial charge on any atom is 0.324 e. The van der Waals surface area contributed by atoms with Crippen LogP contribution in [-0.2, 0) is 42.3 Å². The van der Waals surface area contributed by atoms with E-state index in [0.717, 1.165) is 90.5 Å². The number of anilines is 12. The minimum atomic E-state index is -0.950. The molecule has 5 heterocycles. The number of nitrogens with zero attached hydrogens (tertiary/aromatic N) is 5. The lowest BCUT2D eigenvalue weighted by Crippen LogP contribution is -2.58. The molecule has 2 unspecified atom stereocenters. The van der Waals surface area contributed by atoms with Gasteiger partial charge in [-0.3, -0.25) is 19.4 Å². The summed E-state index contributed by atoms with van der Waals surface area (Å²) >= 11 is 0. The summed E-state index contributed by atoms with van der Waals surface area (Å²) in [5.74, 6) is -0.418. The fourth-order valence-corrected chi connectivity index (χ4v) is 10.2. The summed E-state index contributed by atoms with van der Waals surface area (Å²) in [6, 6.07) is 49.6. The number of hydrogen-bond donors (Lipinski definition) is 12. The molecule has 0 bridgehead atoms. The molecule has 8 amide bonds. The van der Waals surface area contributed by atoms with Crippen LogP contribution in [-0.4, -0.2) is 131 Å². The third kappa shape index (κ3) is 14.5. The van der Waals surface area contributed by atoms with E-state index in [9.17, 15) is 34.2 Å². The second-order valence-electron chi connectivity index (χ2n) is 22.0. The van der Waals surface area contributed by atoms with Gasteiger partial charge < -0.3 is 78.1 Å². The number of fused-ring (bicyclic) bond motifs is 5. The Morgan fingerprint density at radius 3 is 1.50 bits per heavy atom. The van der Waals surface area contributed by atoms with Gasteiger partial charge in [-0.05, 0) is 114 Å². The van der Waals surface area contributed by atoms with Crippen LogP contribution >= 0.6 is 0 Å². The van der Waals surface area contributed by atoms with Gasteiger partial charge in [-0.1, -0.05) is 78.9 Å². The molecule has 0 fully saturated rings. The second kappa shape index (κ2) is 28.3. The van der Waals surface area contributed by atoms with Gasteiger partial charge in [0.25, 0.3) is 11.8 Å². The largest absolute Gasteiger partial charge is 0.393 e. The van der Waals surface area contributed by atoms with Crippen LogP contribution in [0.3, 0.4) is 0 Å². The molecule has 7 aromatic carbocycles. The minimum Gasteiger partial charge on any atom is -0.393 e. The molecule has 0 aromatic heterocycles. The monoisotopic (exact) mass is 1200 g/mol. The molecular weight excluding hydrogens is 1110 g/mol. The summed E-state index contributed by atoms with van der Waals surface area (Å²) in [5.41, 5.74) is 14.8. The maximum absolute atomic E-state index is 12.5. The summed E-state index contributed by atoms with van der Waals surface area (Å²) in [6.07, 6.45) is 0. The normalized spacial score (nSPS) is 17.5. The van der Waals surface area contributed by atoms with Gasteiger partial charge in [0.1, 0.15) is 11.1 Å². The first-order valence-electron chi connectivity index (χ1n) is 28.9. The van der Waals surface area contributed by atoms with Crippen LogP contribution < -0.4 is 67.9 Å². The van der Waals surface area contributed by atoms with Gasteiger partial charge in [-0.25, -0.2) is 14.4 Å². The summed E-state index contributed by atoms with van der Waals surface area (Å²) in [6.45, 7) is 6.08. The number of carbonyl (C=O) groups is 5. The van der Waals surface area contributed by atoms with Gasteiger partial charge in [0.05, 0.1) is 47.3 Å². The van der Waals surface area contributed by atoms with Crippen molar-refractivity contribution in [2.75, 3.05) is 132 Å². The highest BCUT2D eigenvalue weighted by Crippen LogP contribution is 2.38. The van der Waals surface area contributed by atoms with Gasteiger partial charge in [-0.2, -0.15) is 0 Å². The third-order valence-corrected chi connectivity index (χ3v) is 16.1. The summed E-state index contributed by atoms with van der Waals surface area (Å²) < 4.78 is 0. The van der Waals surface area contributed by atoms with Crippen molar-refractivity contribution in [3.8, 4) is 0 Å². The van der Waals surface area contributed by atoms with Crippen molar-refractivity contribution in [2.24, 2.45) is 0 Å². The number of aliphatic hydroxyl groups is 2. The molecule has 12 rings (SSSR count). The number of amides is 8. The molecular formula is C66H81N15O7. The first kappa shape index (κ1) is 63.8. The Labute approximate surface area is 514 Å². The summed E-state index contributed by atoms with van der Waals surface area (Å²) in [7, 11) is 14.7. The summed E-state index contributed by atoms with van der Waals surface area (Å²) in [5, 5.41) is 48.3. The molecule has 0 radical (unpaired) electrons. The minimum absolute atomic E-state index is 0.0413. The molecule has 0 saturated carbocycles. The number of hydrogen-bond acceptors (Lipinski definition) is 14. The van der Waals surface area contributed by atoms with E-state index < -0.39 is 11.1 Å². The Morgan fingerprint density at radius 2 is 0.932 bits per heavy atom. The van der Waals surface area contributed by atoms with E-state index in [-0.39, 0.29) is 43.1 Å². The molecule has 0 aliphatic carbocycles. The quantitative estimate of drug-likeness (QED) is 0.0576. The van der Waals surface area contributed by atoms with Crippen molar-refractivity contribution in [1.82, 2.24) is 15.1 Å². The number of likely N-dealkylation sites (N-methyl/N-ethyl adjacent to an activating group) is 1.